The minimum Gasteiger partial charge on any atom is -0.507 e. The third-order valence-corrected chi connectivity index (χ3v) is 9.29. The molecule has 2 aromatic carbocycles. The predicted molar refractivity (Wildman–Crippen MR) is 141 cm³/mol. The molecule has 0 aromatic heterocycles. The van der Waals surface area contributed by atoms with E-state index in [4.69, 9.17) is 23.7 Å². The van der Waals surface area contributed by atoms with E-state index in [1.54, 1.807) is 0 Å². The number of aliphatic hydroxyl groups is 1. The molecule has 228 valence electrons. The molecule has 2 aliphatic carbocycles. The number of carbonyl (C=O) groups excluding carboxylic acids is 3. The quantitative estimate of drug-likeness (QED) is 0.371. The highest BCUT2D eigenvalue weighted by Crippen LogP contribution is 2.52. The van der Waals surface area contributed by atoms with Crippen LogP contribution in [0.25, 0.3) is 0 Å². The van der Waals surface area contributed by atoms with Gasteiger partial charge in [0.1, 0.15) is 22.9 Å². The number of nitrogens with zero attached hydrogens (tertiary/aromatic N) is 1. The lowest BCUT2D eigenvalue weighted by Crippen LogP contribution is -2.54. The maximum Gasteiger partial charge on any atom is 0.201 e. The highest BCUT2D eigenvalue weighted by atomic mass is 19.1. The van der Waals surface area contributed by atoms with Gasteiger partial charge >= 0.3 is 0 Å². The van der Waals surface area contributed by atoms with E-state index >= 15 is 0 Å². The fourth-order valence-corrected chi connectivity index (χ4v) is 7.11. The third-order valence-electron chi connectivity index (χ3n) is 9.29. The van der Waals surface area contributed by atoms with Gasteiger partial charge in [0, 0.05) is 55.6 Å². The van der Waals surface area contributed by atoms with Gasteiger partial charge in [0.2, 0.25) is 5.78 Å². The SMILES string of the molecule is CO[C@H]1OCCN2[C@@H]1O[C@@H]1CO[C@@H](O[C@H]3C[C@](O)(C(C)=O)Cc4c(O)c5c(c(O)c43)C(=O)c3c(F)cccc3C5=O)C[C@@H]12. The number of aromatic hydroxyl groups is 2. The van der Waals surface area contributed by atoms with Gasteiger partial charge in [-0.1, -0.05) is 12.1 Å². The van der Waals surface area contributed by atoms with Crippen LogP contribution in [0.3, 0.4) is 0 Å². The summed E-state index contributed by atoms with van der Waals surface area (Å²) in [5.41, 5.74) is -4.05. The Hall–Kier alpha value is -3.30. The molecule has 43 heavy (non-hydrogen) atoms. The molecule has 0 unspecified atom stereocenters. The maximum absolute atomic E-state index is 14.7. The van der Waals surface area contributed by atoms with Crippen LogP contribution in [-0.4, -0.2) is 101 Å². The lowest BCUT2D eigenvalue weighted by Gasteiger charge is -2.42. The average Bonchev–Trinajstić information content (AvgIpc) is 3.35. The number of Topliss-reactive ketones (excluding diaryl/α,β-unsaturated/α-hetero) is 1. The van der Waals surface area contributed by atoms with E-state index in [0.717, 1.165) is 6.07 Å². The van der Waals surface area contributed by atoms with Gasteiger partial charge in [-0.05, 0) is 13.0 Å². The van der Waals surface area contributed by atoms with Gasteiger partial charge in [-0.2, -0.15) is 0 Å². The van der Waals surface area contributed by atoms with Gasteiger partial charge in [-0.15, -0.1) is 0 Å². The van der Waals surface area contributed by atoms with Crippen molar-refractivity contribution < 1.29 is 57.8 Å². The first-order chi connectivity index (χ1) is 20.5. The summed E-state index contributed by atoms with van der Waals surface area (Å²) in [5.74, 6) is -4.77. The molecule has 7 rings (SSSR count). The van der Waals surface area contributed by atoms with Gasteiger partial charge in [-0.25, -0.2) is 4.39 Å². The van der Waals surface area contributed by atoms with Crippen molar-refractivity contribution in [3.8, 4) is 11.5 Å². The molecule has 0 radical (unpaired) electrons. The van der Waals surface area contributed by atoms with E-state index in [-0.39, 0.29) is 41.9 Å². The molecule has 0 spiro atoms. The Kier molecular flexibility index (Phi) is 6.70. The molecule has 0 saturated carbocycles. The number of carbonyl (C=O) groups is 3. The second-order valence-electron chi connectivity index (χ2n) is 11.6. The fraction of sp³-hybridized carbons (Fsp3) is 0.500. The van der Waals surface area contributed by atoms with Crippen LogP contribution < -0.4 is 0 Å². The van der Waals surface area contributed by atoms with Crippen LogP contribution in [0.5, 0.6) is 11.5 Å². The Morgan fingerprint density at radius 2 is 1.88 bits per heavy atom. The standard InChI is InChI=1S/C30H30FNO11/c1-12(33)30(38)9-14-21(27(37)23-22(25(14)35)24(34)13-4-3-5-15(31)20(13)26(23)36)17(10-30)42-19-8-16-18(11-41-19)43-28-29(39-2)40-7-6-32(16)28/h3-5,16-19,28-29,35,37-38H,6-11H2,1-2H3/t16-,17-,18+,19-,28+,29-,30-/m0/s1. The summed E-state index contributed by atoms with van der Waals surface area (Å²) in [4.78, 5) is 41.7. The molecule has 0 amide bonds. The van der Waals surface area contributed by atoms with Crippen LogP contribution in [0.2, 0.25) is 0 Å². The van der Waals surface area contributed by atoms with Gasteiger partial charge in [0.25, 0.3) is 0 Å². The molecule has 0 bridgehead atoms. The van der Waals surface area contributed by atoms with Crippen molar-refractivity contribution in [2.24, 2.45) is 0 Å². The van der Waals surface area contributed by atoms with Crippen LogP contribution in [0.15, 0.2) is 18.2 Å². The summed E-state index contributed by atoms with van der Waals surface area (Å²) >= 11 is 0. The molecule has 3 saturated heterocycles. The van der Waals surface area contributed by atoms with Crippen LogP contribution in [0.4, 0.5) is 4.39 Å². The maximum atomic E-state index is 14.7. The van der Waals surface area contributed by atoms with Crippen LogP contribution in [-0.2, 0) is 34.9 Å². The minimum atomic E-state index is -2.02. The van der Waals surface area contributed by atoms with Crippen LogP contribution in [0.1, 0.15) is 68.8 Å². The largest absolute Gasteiger partial charge is 0.507 e. The van der Waals surface area contributed by atoms with Crippen molar-refractivity contribution in [2.75, 3.05) is 26.9 Å². The van der Waals surface area contributed by atoms with Crippen LogP contribution >= 0.6 is 0 Å². The summed E-state index contributed by atoms with van der Waals surface area (Å²) in [6.07, 6.45) is -3.90. The summed E-state index contributed by atoms with van der Waals surface area (Å²) < 4.78 is 44.2. The molecule has 3 heterocycles. The molecule has 2 aromatic rings. The summed E-state index contributed by atoms with van der Waals surface area (Å²) in [5, 5.41) is 34.3. The van der Waals surface area contributed by atoms with Crippen LogP contribution in [0, 0.1) is 5.82 Å². The van der Waals surface area contributed by atoms with Gasteiger partial charge in [-0.3, -0.25) is 19.3 Å². The summed E-state index contributed by atoms with van der Waals surface area (Å²) in [7, 11) is 1.53. The van der Waals surface area contributed by atoms with Crippen molar-refractivity contribution in [3.05, 3.63) is 57.4 Å². The van der Waals surface area contributed by atoms with E-state index in [2.05, 4.69) is 4.90 Å². The van der Waals surface area contributed by atoms with E-state index in [1.807, 2.05) is 0 Å². The van der Waals surface area contributed by atoms with Crippen molar-refractivity contribution in [3.63, 3.8) is 0 Å². The summed E-state index contributed by atoms with van der Waals surface area (Å²) in [6, 6.07) is 3.40. The number of hydrogen-bond donors (Lipinski definition) is 3. The molecule has 12 nitrogen and oxygen atoms in total. The van der Waals surface area contributed by atoms with E-state index in [9.17, 15) is 34.1 Å². The van der Waals surface area contributed by atoms with E-state index in [0.29, 0.717) is 19.6 Å². The Morgan fingerprint density at radius 3 is 2.63 bits per heavy atom. The lowest BCUT2D eigenvalue weighted by molar-refractivity contribution is -0.246. The zero-order valence-corrected chi connectivity index (χ0v) is 23.4. The number of rotatable bonds is 4. The van der Waals surface area contributed by atoms with Gasteiger partial charge < -0.3 is 39.0 Å². The number of benzene rings is 2. The molecule has 7 atom stereocenters. The number of halogens is 1. The lowest BCUT2D eigenvalue weighted by atomic mass is 9.72. The second-order valence-corrected chi connectivity index (χ2v) is 11.6. The monoisotopic (exact) mass is 599 g/mol. The fourth-order valence-electron chi connectivity index (χ4n) is 7.11. The average molecular weight is 600 g/mol. The first-order valence-corrected chi connectivity index (χ1v) is 14.1. The Morgan fingerprint density at radius 1 is 1.12 bits per heavy atom. The number of ketones is 3. The topological polar surface area (TPSA) is 161 Å². The third kappa shape index (κ3) is 4.18. The minimum absolute atomic E-state index is 0.0693. The molecule has 3 N–H and O–H groups in total. The number of fused-ring (bicyclic) bond motifs is 6. The highest BCUT2D eigenvalue weighted by molar-refractivity contribution is 6.30. The van der Waals surface area contributed by atoms with Crippen molar-refractivity contribution in [1.29, 1.82) is 0 Å². The molecule has 5 aliphatic rings. The second kappa shape index (κ2) is 10.1. The molecule has 3 aliphatic heterocycles. The van der Waals surface area contributed by atoms with E-state index in [1.165, 1.54) is 26.2 Å². The van der Waals surface area contributed by atoms with E-state index < -0.39 is 88.3 Å². The molecular weight excluding hydrogens is 569 g/mol. The number of hydrogen-bond acceptors (Lipinski definition) is 12. The smallest absolute Gasteiger partial charge is 0.201 e. The molecule has 13 heteroatoms. The van der Waals surface area contributed by atoms with Crippen molar-refractivity contribution in [2.45, 2.75) is 68.8 Å². The first-order valence-electron chi connectivity index (χ1n) is 14.1. The number of morpholine rings is 1. The Bertz CT molecular complexity index is 1560. The Balaban J connectivity index is 1.27. The molecular formula is C30H30FNO11. The zero-order chi connectivity index (χ0) is 30.4. The zero-order valence-electron chi connectivity index (χ0n) is 23.4. The summed E-state index contributed by atoms with van der Waals surface area (Å²) in [6.45, 7) is 2.36. The van der Waals surface area contributed by atoms with Gasteiger partial charge in [0.05, 0.1) is 42.1 Å². The van der Waals surface area contributed by atoms with Gasteiger partial charge in [0.15, 0.2) is 30.4 Å². The van der Waals surface area contributed by atoms with Crippen molar-refractivity contribution in [1.82, 2.24) is 4.90 Å². The molecule has 3 fully saturated rings. The number of ether oxygens (including phenoxy) is 5. The van der Waals surface area contributed by atoms with Crippen molar-refractivity contribution >= 4 is 17.3 Å². The normalized spacial score (nSPS) is 33.3. The number of phenols is 2. The number of phenolic OH excluding ortho intramolecular Hbond substituents is 2. The number of methoxy groups -OCH3 is 1. The first kappa shape index (κ1) is 28.5. The highest BCUT2D eigenvalue weighted by Gasteiger charge is 2.53. The predicted octanol–water partition coefficient (Wildman–Crippen LogP) is 1.48. The Labute approximate surface area is 244 Å².